The van der Waals surface area contributed by atoms with Crippen molar-refractivity contribution in [1.29, 1.82) is 0 Å². The third kappa shape index (κ3) is 1.80. The molecule has 0 saturated carbocycles. The summed E-state index contributed by atoms with van der Waals surface area (Å²) in [5.74, 6) is -1.02. The van der Waals surface area contributed by atoms with Crippen molar-refractivity contribution in [3.05, 3.63) is 29.0 Å². The molecule has 2 atom stereocenters. The summed E-state index contributed by atoms with van der Waals surface area (Å²) >= 11 is 5.77. The van der Waals surface area contributed by atoms with Crippen molar-refractivity contribution < 1.29 is 14.0 Å². The van der Waals surface area contributed by atoms with Crippen molar-refractivity contribution >= 4 is 29.1 Å². The molecule has 4 nitrogen and oxygen atoms in total. The normalized spacial score (nSPS) is 26.1. The Kier molecular flexibility index (Phi) is 3.17. The molecule has 106 valence electrons. The van der Waals surface area contributed by atoms with Gasteiger partial charge >= 0.3 is 0 Å². The molecule has 20 heavy (non-hydrogen) atoms. The first-order valence-electron chi connectivity index (χ1n) is 6.60. The van der Waals surface area contributed by atoms with E-state index >= 15 is 0 Å². The van der Waals surface area contributed by atoms with Gasteiger partial charge in [-0.3, -0.25) is 14.5 Å². The number of rotatable bonds is 1. The molecule has 2 fully saturated rings. The topological polar surface area (TPSA) is 40.6 Å². The third-order valence-corrected chi connectivity index (χ3v) is 4.29. The first-order valence-corrected chi connectivity index (χ1v) is 6.97. The number of nitrogens with zero attached hydrogens (tertiary/aromatic N) is 2. The summed E-state index contributed by atoms with van der Waals surface area (Å²) in [6.45, 7) is 2.22. The molecule has 0 N–H and O–H groups in total. The fraction of sp³-hybridized carbons (Fsp3) is 0.429. The van der Waals surface area contributed by atoms with Gasteiger partial charge in [0.2, 0.25) is 5.91 Å². The van der Waals surface area contributed by atoms with Gasteiger partial charge in [-0.05, 0) is 31.9 Å². The van der Waals surface area contributed by atoms with E-state index in [0.717, 1.165) is 6.42 Å². The minimum absolute atomic E-state index is 0.0520. The largest absolute Gasteiger partial charge is 0.329 e. The number of benzene rings is 1. The minimum Gasteiger partial charge on any atom is -0.329 e. The monoisotopic (exact) mass is 296 g/mol. The van der Waals surface area contributed by atoms with E-state index in [-0.39, 0.29) is 22.5 Å². The maximum absolute atomic E-state index is 14.2. The maximum Gasteiger partial charge on any atom is 0.250 e. The van der Waals surface area contributed by atoms with Crippen LogP contribution in [0.2, 0.25) is 5.02 Å². The Balaban J connectivity index is 2.06. The SMILES string of the molecule is CC1C(=O)N2CCCC2C(=O)N1c1cccc(Cl)c1F. The second kappa shape index (κ2) is 4.74. The third-order valence-electron chi connectivity index (χ3n) is 3.99. The van der Waals surface area contributed by atoms with Gasteiger partial charge in [0, 0.05) is 6.54 Å². The zero-order valence-electron chi connectivity index (χ0n) is 11.0. The molecule has 2 heterocycles. The molecule has 0 bridgehead atoms. The fourth-order valence-corrected chi connectivity index (χ4v) is 3.16. The summed E-state index contributed by atoms with van der Waals surface area (Å²) < 4.78 is 14.2. The van der Waals surface area contributed by atoms with Crippen LogP contribution in [0.15, 0.2) is 18.2 Å². The van der Waals surface area contributed by atoms with E-state index in [1.807, 2.05) is 0 Å². The lowest BCUT2D eigenvalue weighted by Crippen LogP contribution is -2.62. The molecule has 2 amide bonds. The van der Waals surface area contributed by atoms with Crippen molar-refractivity contribution in [2.24, 2.45) is 0 Å². The molecule has 2 saturated heterocycles. The first-order chi connectivity index (χ1) is 9.52. The lowest BCUT2D eigenvalue weighted by Gasteiger charge is -2.40. The Labute approximate surface area is 121 Å². The average molecular weight is 297 g/mol. The Bertz CT molecular complexity index is 593. The molecule has 1 aromatic rings. The predicted octanol–water partition coefficient (Wildman–Crippen LogP) is 2.21. The van der Waals surface area contributed by atoms with Crippen molar-refractivity contribution in [2.45, 2.75) is 31.8 Å². The lowest BCUT2D eigenvalue weighted by atomic mass is 10.0. The van der Waals surface area contributed by atoms with Gasteiger partial charge in [-0.1, -0.05) is 17.7 Å². The smallest absolute Gasteiger partial charge is 0.250 e. The molecule has 0 spiro atoms. The lowest BCUT2D eigenvalue weighted by molar-refractivity contribution is -0.143. The predicted molar refractivity (Wildman–Crippen MR) is 73.1 cm³/mol. The molecule has 2 aliphatic rings. The van der Waals surface area contributed by atoms with Gasteiger partial charge < -0.3 is 4.90 Å². The van der Waals surface area contributed by atoms with Crippen molar-refractivity contribution in [2.75, 3.05) is 11.4 Å². The summed E-state index contributed by atoms with van der Waals surface area (Å²) in [4.78, 5) is 27.7. The summed E-state index contributed by atoms with van der Waals surface area (Å²) in [5.41, 5.74) is 0.0786. The van der Waals surface area contributed by atoms with E-state index in [1.54, 1.807) is 17.9 Å². The minimum atomic E-state index is -0.704. The summed E-state index contributed by atoms with van der Waals surface area (Å²) in [7, 11) is 0. The molecule has 1 aromatic carbocycles. The summed E-state index contributed by atoms with van der Waals surface area (Å²) in [6, 6.07) is 3.31. The zero-order valence-corrected chi connectivity index (χ0v) is 11.7. The quantitative estimate of drug-likeness (QED) is 0.797. The highest BCUT2D eigenvalue weighted by Crippen LogP contribution is 2.33. The zero-order chi connectivity index (χ0) is 14.4. The van der Waals surface area contributed by atoms with Crippen LogP contribution in [0.1, 0.15) is 19.8 Å². The van der Waals surface area contributed by atoms with Gasteiger partial charge in [0.1, 0.15) is 12.1 Å². The molecule has 6 heteroatoms. The van der Waals surface area contributed by atoms with Gasteiger partial charge in [-0.25, -0.2) is 4.39 Å². The molecule has 0 radical (unpaired) electrons. The Morgan fingerprint density at radius 3 is 2.80 bits per heavy atom. The molecule has 2 aliphatic heterocycles. The van der Waals surface area contributed by atoms with E-state index in [2.05, 4.69) is 0 Å². The van der Waals surface area contributed by atoms with Crippen LogP contribution in [0.25, 0.3) is 0 Å². The second-order valence-electron chi connectivity index (χ2n) is 5.15. The van der Waals surface area contributed by atoms with E-state index in [1.165, 1.54) is 17.0 Å². The van der Waals surface area contributed by atoms with E-state index < -0.39 is 17.9 Å². The highest BCUT2D eigenvalue weighted by Gasteiger charge is 2.47. The first kappa shape index (κ1) is 13.4. The highest BCUT2D eigenvalue weighted by atomic mass is 35.5. The van der Waals surface area contributed by atoms with Crippen LogP contribution in [0.5, 0.6) is 0 Å². The van der Waals surface area contributed by atoms with E-state index in [0.29, 0.717) is 13.0 Å². The Morgan fingerprint density at radius 2 is 2.05 bits per heavy atom. The van der Waals surface area contributed by atoms with Crippen molar-refractivity contribution in [3.8, 4) is 0 Å². The van der Waals surface area contributed by atoms with Gasteiger partial charge in [-0.2, -0.15) is 0 Å². The molecular formula is C14H14ClFN2O2. The van der Waals surface area contributed by atoms with Crippen LogP contribution < -0.4 is 4.90 Å². The standard InChI is InChI=1S/C14H14ClFN2O2/c1-8-13(19)17-7-3-6-11(17)14(20)18(8)10-5-2-4-9(15)12(10)16/h2,4-5,8,11H,3,6-7H2,1H3. The summed E-state index contributed by atoms with van der Waals surface area (Å²) in [5, 5.41) is -0.0520. The molecule has 0 aliphatic carbocycles. The molecule has 3 rings (SSSR count). The number of carbonyl (C=O) groups is 2. The number of hydrogen-bond acceptors (Lipinski definition) is 2. The number of piperazine rings is 1. The van der Waals surface area contributed by atoms with Crippen LogP contribution in [-0.4, -0.2) is 35.3 Å². The van der Waals surface area contributed by atoms with Gasteiger partial charge in [0.05, 0.1) is 10.7 Å². The van der Waals surface area contributed by atoms with Crippen LogP contribution in [0.3, 0.4) is 0 Å². The van der Waals surface area contributed by atoms with Crippen LogP contribution >= 0.6 is 11.6 Å². The van der Waals surface area contributed by atoms with Crippen LogP contribution in [0, 0.1) is 5.82 Å². The maximum atomic E-state index is 14.2. The van der Waals surface area contributed by atoms with Crippen LogP contribution in [0.4, 0.5) is 10.1 Å². The Morgan fingerprint density at radius 1 is 1.30 bits per heavy atom. The summed E-state index contributed by atoms with van der Waals surface area (Å²) in [6.07, 6.45) is 1.44. The van der Waals surface area contributed by atoms with Crippen molar-refractivity contribution in [1.82, 2.24) is 4.90 Å². The number of amides is 2. The number of fused-ring (bicyclic) bond motifs is 1. The van der Waals surface area contributed by atoms with Crippen molar-refractivity contribution in [3.63, 3.8) is 0 Å². The fourth-order valence-electron chi connectivity index (χ4n) is 2.99. The average Bonchev–Trinajstić information content (AvgIpc) is 2.91. The van der Waals surface area contributed by atoms with Crippen LogP contribution in [-0.2, 0) is 9.59 Å². The number of anilines is 1. The van der Waals surface area contributed by atoms with Gasteiger partial charge in [-0.15, -0.1) is 0 Å². The van der Waals surface area contributed by atoms with Gasteiger partial charge in [0.25, 0.3) is 5.91 Å². The number of halogens is 2. The van der Waals surface area contributed by atoms with E-state index in [9.17, 15) is 14.0 Å². The second-order valence-corrected chi connectivity index (χ2v) is 5.55. The molecule has 2 unspecified atom stereocenters. The molecular weight excluding hydrogens is 283 g/mol. The van der Waals surface area contributed by atoms with E-state index in [4.69, 9.17) is 11.6 Å². The highest BCUT2D eigenvalue weighted by molar-refractivity contribution is 6.31. The molecule has 0 aromatic heterocycles. The van der Waals surface area contributed by atoms with Gasteiger partial charge in [0.15, 0.2) is 5.82 Å². The number of hydrogen-bond donors (Lipinski definition) is 0. The Hall–Kier alpha value is -1.62. The number of carbonyl (C=O) groups excluding carboxylic acids is 2.